The van der Waals surface area contributed by atoms with Crippen LogP contribution in [0.3, 0.4) is 0 Å². The van der Waals surface area contributed by atoms with E-state index < -0.39 is 0 Å². The summed E-state index contributed by atoms with van der Waals surface area (Å²) in [6, 6.07) is 15.1. The van der Waals surface area contributed by atoms with Crippen LogP contribution >= 0.6 is 0 Å². The molecule has 312 valence electrons. The van der Waals surface area contributed by atoms with E-state index in [4.69, 9.17) is 29.0 Å². The van der Waals surface area contributed by atoms with Crippen molar-refractivity contribution in [1.82, 2.24) is 0 Å². The Morgan fingerprint density at radius 3 is 0.746 bits per heavy atom. The third-order valence-electron chi connectivity index (χ3n) is 7.93. The number of oxime groups is 6. The molecule has 16 nitrogen and oxygen atoms in total. The largest absolute Gasteiger partial charge is 0.396 e. The van der Waals surface area contributed by atoms with Crippen LogP contribution in [0.5, 0.6) is 0 Å². The molecule has 3 rings (SSSR count). The van der Waals surface area contributed by atoms with E-state index in [0.29, 0.717) is 98.2 Å². The van der Waals surface area contributed by atoms with Crippen molar-refractivity contribution in [2.24, 2.45) is 30.9 Å². The molecule has 0 aliphatic carbocycles. The Balaban J connectivity index is 1.39. The molecule has 0 fully saturated rings. The summed E-state index contributed by atoms with van der Waals surface area (Å²) in [5, 5.41) is 23.6. The molecule has 0 saturated carbocycles. The third-order valence-corrected chi connectivity index (χ3v) is 7.93. The first-order valence-electron chi connectivity index (χ1n) is 19.2. The Hall–Kier alpha value is -6.84. The maximum absolute atomic E-state index is 11.0. The van der Waals surface area contributed by atoms with Gasteiger partial charge in [0.1, 0.15) is 64.8 Å². The SMILES string of the molecule is C=NOCCCCCO/N=C/c1cc(/C=N\OCCCCCO/N=C/c2cc(C=O)cc(C=O)c2)cc(/C=N\OCCCCCO/N=C/c2cc(C=O)cc(C=O)c2)c1. The molecule has 3 aromatic rings. The van der Waals surface area contributed by atoms with Gasteiger partial charge in [-0.05, 0) is 140 Å². The molecular weight excluding hydrogens is 761 g/mol. The average Bonchev–Trinajstić information content (AvgIpc) is 3.26. The highest BCUT2D eigenvalue weighted by Gasteiger charge is 2.02. The highest BCUT2D eigenvalue weighted by Crippen LogP contribution is 2.10. The lowest BCUT2D eigenvalue weighted by Gasteiger charge is -2.03. The smallest absolute Gasteiger partial charge is 0.150 e. The van der Waals surface area contributed by atoms with Crippen LogP contribution in [0.15, 0.2) is 85.5 Å². The summed E-state index contributed by atoms with van der Waals surface area (Å²) in [5.74, 6) is 0. The Morgan fingerprint density at radius 1 is 0.322 bits per heavy atom. The first-order chi connectivity index (χ1) is 29.1. The Labute approximate surface area is 343 Å². The van der Waals surface area contributed by atoms with E-state index in [1.54, 1.807) is 42.9 Å². The van der Waals surface area contributed by atoms with Crippen molar-refractivity contribution in [1.29, 1.82) is 0 Å². The average molecular weight is 811 g/mol. The number of rotatable bonds is 33. The van der Waals surface area contributed by atoms with Gasteiger partial charge in [0.15, 0.2) is 0 Å². The van der Waals surface area contributed by atoms with E-state index in [2.05, 4.69) is 37.7 Å². The van der Waals surface area contributed by atoms with Gasteiger partial charge in [0, 0.05) is 29.0 Å². The minimum Gasteiger partial charge on any atom is -0.396 e. The van der Waals surface area contributed by atoms with Crippen molar-refractivity contribution in [3.05, 3.63) is 105 Å². The van der Waals surface area contributed by atoms with Crippen molar-refractivity contribution >= 4 is 62.9 Å². The number of nitrogens with zero attached hydrogens (tertiary/aromatic N) is 6. The van der Waals surface area contributed by atoms with E-state index in [1.165, 1.54) is 24.6 Å². The number of carbonyl (C=O) groups excluding carboxylic acids is 4. The summed E-state index contributed by atoms with van der Waals surface area (Å²) in [6.45, 7) is 5.91. The molecule has 59 heavy (non-hydrogen) atoms. The minimum absolute atomic E-state index is 0.391. The lowest BCUT2D eigenvalue weighted by Crippen LogP contribution is -1.96. The second-order valence-electron chi connectivity index (χ2n) is 12.8. The van der Waals surface area contributed by atoms with Crippen molar-refractivity contribution < 1.29 is 48.2 Å². The summed E-state index contributed by atoms with van der Waals surface area (Å²) in [7, 11) is 0. The van der Waals surface area contributed by atoms with Gasteiger partial charge in [-0.15, -0.1) is 5.16 Å². The highest BCUT2D eigenvalue weighted by atomic mass is 16.6. The number of hydrogen-bond acceptors (Lipinski definition) is 16. The van der Waals surface area contributed by atoms with E-state index in [-0.39, 0.29) is 0 Å². The predicted molar refractivity (Wildman–Crippen MR) is 226 cm³/mol. The Kier molecular flexibility index (Phi) is 23.9. The molecular formula is C43H50N6O10. The number of aldehydes is 4. The molecule has 0 heterocycles. The third kappa shape index (κ3) is 21.3. The molecule has 0 saturated heterocycles. The zero-order valence-electron chi connectivity index (χ0n) is 33.0. The molecule has 0 amide bonds. The molecule has 0 aliphatic heterocycles. The summed E-state index contributed by atoms with van der Waals surface area (Å²) < 4.78 is 0. The Bertz CT molecular complexity index is 1730. The maximum atomic E-state index is 11.0. The first-order valence-corrected chi connectivity index (χ1v) is 19.2. The van der Waals surface area contributed by atoms with Crippen LogP contribution in [-0.4, -0.2) is 103 Å². The van der Waals surface area contributed by atoms with E-state index in [1.807, 2.05) is 18.2 Å². The van der Waals surface area contributed by atoms with Crippen LogP contribution in [0.25, 0.3) is 0 Å². The minimum atomic E-state index is 0.391. The van der Waals surface area contributed by atoms with Gasteiger partial charge in [-0.2, -0.15) is 0 Å². The summed E-state index contributed by atoms with van der Waals surface area (Å²) in [5.41, 5.74) is 5.07. The fraction of sp³-hybridized carbons (Fsp3) is 0.349. The lowest BCUT2D eigenvalue weighted by molar-refractivity contribution is 0.110. The van der Waals surface area contributed by atoms with Gasteiger partial charge in [0.2, 0.25) is 0 Å². The van der Waals surface area contributed by atoms with Crippen LogP contribution in [0.2, 0.25) is 0 Å². The van der Waals surface area contributed by atoms with Gasteiger partial charge >= 0.3 is 0 Å². The Morgan fingerprint density at radius 2 is 0.525 bits per heavy atom. The number of unbranched alkanes of at least 4 members (excludes halogenated alkanes) is 6. The topological polar surface area (TPSA) is 198 Å². The summed E-state index contributed by atoms with van der Waals surface area (Å²) in [4.78, 5) is 76.1. The highest BCUT2D eigenvalue weighted by molar-refractivity contribution is 5.92. The van der Waals surface area contributed by atoms with Gasteiger partial charge in [-0.25, -0.2) is 0 Å². The van der Waals surface area contributed by atoms with Crippen molar-refractivity contribution in [3.63, 3.8) is 0 Å². The van der Waals surface area contributed by atoms with Crippen LogP contribution in [0.1, 0.15) is 127 Å². The summed E-state index contributed by atoms with van der Waals surface area (Å²) in [6.07, 6.45) is 17.8. The fourth-order valence-corrected chi connectivity index (χ4v) is 5.10. The maximum Gasteiger partial charge on any atom is 0.150 e. The van der Waals surface area contributed by atoms with E-state index in [0.717, 1.165) is 74.5 Å². The second kappa shape index (κ2) is 30.3. The number of carbonyl (C=O) groups is 4. The molecule has 0 aliphatic rings. The molecule has 0 aromatic heterocycles. The van der Waals surface area contributed by atoms with Crippen molar-refractivity contribution in [2.45, 2.75) is 57.8 Å². The second-order valence-corrected chi connectivity index (χ2v) is 12.8. The lowest BCUT2D eigenvalue weighted by atomic mass is 10.1. The number of benzene rings is 3. The molecule has 0 atom stereocenters. The van der Waals surface area contributed by atoms with Gasteiger partial charge in [-0.3, -0.25) is 19.2 Å². The van der Waals surface area contributed by atoms with Gasteiger partial charge < -0.3 is 29.0 Å². The van der Waals surface area contributed by atoms with Gasteiger partial charge in [0.05, 0.1) is 31.1 Å². The van der Waals surface area contributed by atoms with Crippen LogP contribution in [0.4, 0.5) is 0 Å². The molecule has 0 radical (unpaired) electrons. The van der Waals surface area contributed by atoms with Crippen LogP contribution < -0.4 is 0 Å². The zero-order valence-corrected chi connectivity index (χ0v) is 33.0. The van der Waals surface area contributed by atoms with Gasteiger partial charge in [0.25, 0.3) is 0 Å². The quantitative estimate of drug-likeness (QED) is 0.0262. The fourth-order valence-electron chi connectivity index (χ4n) is 5.10. The molecule has 0 spiro atoms. The molecule has 0 bridgehead atoms. The zero-order chi connectivity index (χ0) is 42.0. The predicted octanol–water partition coefficient (Wildman–Crippen LogP) is 7.23. The standard InChI is InChI=1S/C43H50N6O10/c1-44-54-11-5-2-6-12-55-45-26-35-17-36(27-46-56-13-7-3-9-15-58-48-29-38-20-40(31-50)24-41(21-38)32-51)19-37(18-35)28-47-57-14-8-4-10-16-59-49-30-39-22-42(33-52)25-43(23-39)34-53/h17-34H,1-16H2/b45-26+,46-27-,47-28-,48-29+,49-30+. The molecule has 0 unspecified atom stereocenters. The van der Waals surface area contributed by atoms with E-state index >= 15 is 0 Å². The summed E-state index contributed by atoms with van der Waals surface area (Å²) >= 11 is 0. The van der Waals surface area contributed by atoms with Crippen molar-refractivity contribution in [3.8, 4) is 0 Å². The normalized spacial score (nSPS) is 11.4. The first kappa shape index (κ1) is 46.5. The molecule has 0 N–H and O–H groups in total. The molecule has 16 heteroatoms. The van der Waals surface area contributed by atoms with Crippen molar-refractivity contribution in [2.75, 3.05) is 39.6 Å². The van der Waals surface area contributed by atoms with Crippen LogP contribution in [0, 0.1) is 0 Å². The van der Waals surface area contributed by atoms with Crippen LogP contribution in [-0.2, 0) is 29.0 Å². The molecule has 3 aromatic carbocycles. The number of hydrogen-bond donors (Lipinski definition) is 0. The van der Waals surface area contributed by atoms with Gasteiger partial charge in [-0.1, -0.05) is 25.8 Å². The van der Waals surface area contributed by atoms with E-state index in [9.17, 15) is 19.2 Å². The monoisotopic (exact) mass is 810 g/mol.